The number of rotatable bonds is 9. The van der Waals surface area contributed by atoms with E-state index >= 15 is 4.39 Å². The number of aliphatic carboxylic acids is 1. The van der Waals surface area contributed by atoms with Crippen molar-refractivity contribution in [3.63, 3.8) is 0 Å². The second kappa shape index (κ2) is 11.3. The quantitative estimate of drug-likeness (QED) is 0.441. The third-order valence-corrected chi connectivity index (χ3v) is 8.07. The van der Waals surface area contributed by atoms with Crippen LogP contribution in [0.1, 0.15) is 50.2 Å². The van der Waals surface area contributed by atoms with Crippen LogP contribution in [-0.2, 0) is 14.3 Å². The number of benzene rings is 1. The molecule has 2 aromatic rings. The van der Waals surface area contributed by atoms with E-state index in [4.69, 9.17) is 21.3 Å². The molecule has 0 radical (unpaired) electrons. The number of nitrogens with zero attached hydrogens (tertiary/aromatic N) is 3. The Hall–Kier alpha value is -2.82. The summed E-state index contributed by atoms with van der Waals surface area (Å²) in [6, 6.07) is 6.05. The molecule has 1 aromatic carbocycles. The van der Waals surface area contributed by atoms with E-state index in [0.717, 1.165) is 0 Å². The van der Waals surface area contributed by atoms with Crippen molar-refractivity contribution in [1.29, 1.82) is 0 Å². The smallest absolute Gasteiger partial charge is 0.338 e. The van der Waals surface area contributed by atoms with Gasteiger partial charge in [-0.25, -0.2) is 14.2 Å². The molecule has 2 aliphatic rings. The van der Waals surface area contributed by atoms with Crippen LogP contribution in [0.3, 0.4) is 0 Å². The first kappa shape index (κ1) is 27.2. The van der Waals surface area contributed by atoms with Gasteiger partial charge < -0.3 is 15.2 Å². The predicted octanol–water partition coefficient (Wildman–Crippen LogP) is 4.62. The van der Waals surface area contributed by atoms with Crippen LogP contribution in [0.5, 0.6) is 0 Å². The largest absolute Gasteiger partial charge is 0.481 e. The van der Waals surface area contributed by atoms with Gasteiger partial charge in [-0.1, -0.05) is 43.6 Å². The molecular formula is C26H30ClFN4O4S. The van der Waals surface area contributed by atoms with Gasteiger partial charge in [0.15, 0.2) is 10.8 Å². The number of aliphatic imine (C=N–C) groups is 1. The minimum atomic E-state index is -1.16. The lowest BCUT2D eigenvalue weighted by Crippen LogP contribution is -2.43. The summed E-state index contributed by atoms with van der Waals surface area (Å²) in [7, 11) is 0. The van der Waals surface area contributed by atoms with Gasteiger partial charge >= 0.3 is 11.9 Å². The zero-order valence-electron chi connectivity index (χ0n) is 20.9. The number of alkyl halides is 1. The van der Waals surface area contributed by atoms with Crippen LogP contribution < -0.4 is 5.32 Å². The van der Waals surface area contributed by atoms with E-state index in [0.29, 0.717) is 27.1 Å². The Bertz CT molecular complexity index is 1220. The maximum atomic E-state index is 15.2. The number of thiazole rings is 1. The van der Waals surface area contributed by atoms with Gasteiger partial charge in [0.05, 0.1) is 12.2 Å². The SMILES string of the molecule is CCOC(=O)C1=C(CN2CC(F)C(C)(C)[C@H]2CCC(=O)O)NC(c2nccs2)=N[C@H]1c1ccccc1Cl. The highest BCUT2D eigenvalue weighted by atomic mass is 35.5. The van der Waals surface area contributed by atoms with E-state index in [-0.39, 0.29) is 44.2 Å². The molecule has 3 heterocycles. The molecule has 2 aliphatic heterocycles. The number of carboxylic acid groups (broad SMARTS) is 1. The number of ether oxygens (including phenoxy) is 1. The van der Waals surface area contributed by atoms with Gasteiger partial charge in [-0.15, -0.1) is 11.3 Å². The first-order valence-corrected chi connectivity index (χ1v) is 13.4. The Morgan fingerprint density at radius 2 is 2.11 bits per heavy atom. The molecule has 0 aliphatic carbocycles. The highest BCUT2D eigenvalue weighted by Crippen LogP contribution is 2.42. The summed E-state index contributed by atoms with van der Waals surface area (Å²) >= 11 is 7.95. The number of carbonyl (C=O) groups is 2. The fourth-order valence-corrected chi connectivity index (χ4v) is 5.81. The standard InChI is InChI=1S/C26H30ClFN4O4S/c1-4-36-25(35)21-17(13-32-14-18(28)26(2,3)19(32)9-10-20(33)34)30-23(24-29-11-12-37-24)31-22(21)15-7-5-6-8-16(15)27/h5-8,11-12,18-19,22H,4,9-10,13-14H2,1-3H3,(H,30,31)(H,33,34)/t18?,19-,22+/m1/s1. The second-order valence-electron chi connectivity index (χ2n) is 9.64. The lowest BCUT2D eigenvalue weighted by molar-refractivity contribution is -0.139. The summed E-state index contributed by atoms with van der Waals surface area (Å²) in [5, 5.41) is 15.5. The number of aromatic nitrogens is 1. The maximum Gasteiger partial charge on any atom is 0.338 e. The Morgan fingerprint density at radius 1 is 1.35 bits per heavy atom. The summed E-state index contributed by atoms with van der Waals surface area (Å²) in [5.74, 6) is -1.01. The van der Waals surface area contributed by atoms with E-state index in [9.17, 15) is 14.7 Å². The Kier molecular flexibility index (Phi) is 8.30. The molecule has 8 nitrogen and oxygen atoms in total. The molecule has 11 heteroatoms. The number of hydrogen-bond donors (Lipinski definition) is 2. The van der Waals surface area contributed by atoms with Crippen LogP contribution in [0.2, 0.25) is 5.02 Å². The monoisotopic (exact) mass is 548 g/mol. The van der Waals surface area contributed by atoms with E-state index in [2.05, 4.69) is 10.3 Å². The Morgan fingerprint density at radius 3 is 2.76 bits per heavy atom. The molecule has 1 unspecified atom stereocenters. The van der Waals surface area contributed by atoms with Crippen molar-refractivity contribution in [2.75, 3.05) is 19.7 Å². The third kappa shape index (κ3) is 5.71. The number of likely N-dealkylation sites (tertiary alicyclic amines) is 1. The molecule has 1 aromatic heterocycles. The van der Waals surface area contributed by atoms with Crippen molar-refractivity contribution in [3.05, 3.63) is 62.7 Å². The van der Waals surface area contributed by atoms with Gasteiger partial charge in [0.1, 0.15) is 12.2 Å². The van der Waals surface area contributed by atoms with Gasteiger partial charge in [-0.3, -0.25) is 14.7 Å². The molecular weight excluding hydrogens is 519 g/mol. The predicted molar refractivity (Wildman–Crippen MR) is 141 cm³/mol. The van der Waals surface area contributed by atoms with Crippen molar-refractivity contribution in [2.24, 2.45) is 10.4 Å². The molecule has 0 amide bonds. The van der Waals surface area contributed by atoms with E-state index < -0.39 is 29.6 Å². The molecule has 198 valence electrons. The summed E-state index contributed by atoms with van der Waals surface area (Å²) < 4.78 is 20.6. The Labute approximate surface area is 224 Å². The van der Waals surface area contributed by atoms with Gasteiger partial charge in [0, 0.05) is 58.8 Å². The molecule has 0 spiro atoms. The van der Waals surface area contributed by atoms with Crippen LogP contribution in [0.25, 0.3) is 0 Å². The summed E-state index contributed by atoms with van der Waals surface area (Å²) in [5.41, 5.74) is 0.664. The third-order valence-electron chi connectivity index (χ3n) is 6.95. The minimum absolute atomic E-state index is 0.0808. The fourth-order valence-electron chi connectivity index (χ4n) is 4.98. The lowest BCUT2D eigenvalue weighted by Gasteiger charge is -2.35. The average Bonchev–Trinajstić information content (AvgIpc) is 3.45. The normalized spacial score (nSPS) is 23.5. The first-order valence-electron chi connectivity index (χ1n) is 12.1. The summed E-state index contributed by atoms with van der Waals surface area (Å²) in [6.45, 7) is 5.80. The molecule has 0 saturated carbocycles. The van der Waals surface area contributed by atoms with Gasteiger partial charge in [0.2, 0.25) is 0 Å². The molecule has 2 N–H and O–H groups in total. The second-order valence-corrected chi connectivity index (χ2v) is 10.9. The van der Waals surface area contributed by atoms with E-state index in [1.165, 1.54) is 11.3 Å². The van der Waals surface area contributed by atoms with E-state index in [1.54, 1.807) is 25.3 Å². The van der Waals surface area contributed by atoms with Gasteiger partial charge in [0.25, 0.3) is 0 Å². The maximum absolute atomic E-state index is 15.2. The van der Waals surface area contributed by atoms with Crippen molar-refractivity contribution >= 4 is 40.7 Å². The van der Waals surface area contributed by atoms with Crippen LogP contribution in [0.15, 0.2) is 52.1 Å². The molecule has 0 bridgehead atoms. The van der Waals surface area contributed by atoms with Crippen LogP contribution in [0, 0.1) is 5.41 Å². The lowest BCUT2D eigenvalue weighted by atomic mass is 9.81. The molecule has 1 saturated heterocycles. The summed E-state index contributed by atoms with van der Waals surface area (Å²) in [4.78, 5) is 35.8. The number of nitrogens with one attached hydrogen (secondary N) is 1. The molecule has 4 rings (SSSR count). The number of amidine groups is 1. The zero-order chi connectivity index (χ0) is 26.7. The van der Waals surface area contributed by atoms with Crippen molar-refractivity contribution < 1.29 is 23.8 Å². The zero-order valence-corrected chi connectivity index (χ0v) is 22.5. The highest BCUT2D eigenvalue weighted by Gasteiger charge is 2.49. The molecule has 37 heavy (non-hydrogen) atoms. The minimum Gasteiger partial charge on any atom is -0.481 e. The molecule has 3 atom stereocenters. The first-order chi connectivity index (χ1) is 17.6. The van der Waals surface area contributed by atoms with Crippen molar-refractivity contribution in [1.82, 2.24) is 15.2 Å². The van der Waals surface area contributed by atoms with Gasteiger partial charge in [-0.05, 0) is 19.4 Å². The van der Waals surface area contributed by atoms with Crippen molar-refractivity contribution in [3.8, 4) is 0 Å². The number of esters is 1. The van der Waals surface area contributed by atoms with E-state index in [1.807, 2.05) is 36.3 Å². The summed E-state index contributed by atoms with van der Waals surface area (Å²) in [6.07, 6.45) is 0.708. The number of halogens is 2. The van der Waals surface area contributed by atoms with Crippen molar-refractivity contribution in [2.45, 2.75) is 51.9 Å². The van der Waals surface area contributed by atoms with Crippen LogP contribution in [0.4, 0.5) is 4.39 Å². The number of carbonyl (C=O) groups excluding carboxylic acids is 1. The highest BCUT2D eigenvalue weighted by molar-refractivity contribution is 7.11. The number of hydrogen-bond acceptors (Lipinski definition) is 8. The van der Waals surface area contributed by atoms with Crippen LogP contribution >= 0.6 is 22.9 Å². The van der Waals surface area contributed by atoms with Gasteiger partial charge in [-0.2, -0.15) is 0 Å². The number of carboxylic acids is 1. The topological polar surface area (TPSA) is 104 Å². The average molecular weight is 549 g/mol. The fraction of sp³-hybridized carbons (Fsp3) is 0.462. The van der Waals surface area contributed by atoms with Crippen LogP contribution in [-0.4, -0.2) is 64.7 Å². The molecule has 1 fully saturated rings. The Balaban J connectivity index is 1.80.